The summed E-state index contributed by atoms with van der Waals surface area (Å²) in [4.78, 5) is 5.39. The van der Waals surface area contributed by atoms with Gasteiger partial charge in [-0.3, -0.25) is 9.80 Å². The molecule has 1 aliphatic carbocycles. The molecule has 0 aromatic carbocycles. The molecule has 1 saturated carbocycles. The van der Waals surface area contributed by atoms with Crippen LogP contribution in [0, 0.1) is 11.8 Å². The summed E-state index contributed by atoms with van der Waals surface area (Å²) in [5.74, 6) is 1.58. The van der Waals surface area contributed by atoms with Crippen molar-refractivity contribution in [2.24, 2.45) is 17.6 Å². The zero-order valence-corrected chi connectivity index (χ0v) is 14.1. The molecule has 2 fully saturated rings. The van der Waals surface area contributed by atoms with Crippen molar-refractivity contribution in [1.82, 2.24) is 9.80 Å². The van der Waals surface area contributed by atoms with E-state index in [9.17, 15) is 0 Å². The molecule has 0 aromatic rings. The van der Waals surface area contributed by atoms with Crippen LogP contribution >= 0.6 is 0 Å². The zero-order valence-electron chi connectivity index (χ0n) is 14.1. The Morgan fingerprint density at radius 3 is 2.35 bits per heavy atom. The highest BCUT2D eigenvalue weighted by atomic mass is 15.3. The number of hydrogen-bond donors (Lipinski definition) is 1. The molecular formula is C17H35N3. The van der Waals surface area contributed by atoms with E-state index in [0.29, 0.717) is 0 Å². The second-order valence-electron chi connectivity index (χ2n) is 7.38. The van der Waals surface area contributed by atoms with Crippen molar-refractivity contribution in [2.45, 2.75) is 65.0 Å². The van der Waals surface area contributed by atoms with E-state index in [-0.39, 0.29) is 5.54 Å². The molecule has 3 heteroatoms. The minimum absolute atomic E-state index is 0.277. The lowest BCUT2D eigenvalue weighted by Gasteiger charge is -2.54. The van der Waals surface area contributed by atoms with E-state index in [4.69, 9.17) is 5.73 Å². The van der Waals surface area contributed by atoms with Crippen LogP contribution in [0.1, 0.15) is 53.4 Å². The smallest absolute Gasteiger partial charge is 0.0360 e. The maximum absolute atomic E-state index is 6.29. The van der Waals surface area contributed by atoms with Gasteiger partial charge in [-0.25, -0.2) is 0 Å². The minimum Gasteiger partial charge on any atom is -0.329 e. The number of hydrogen-bond acceptors (Lipinski definition) is 3. The van der Waals surface area contributed by atoms with Crippen molar-refractivity contribution >= 4 is 0 Å². The highest BCUT2D eigenvalue weighted by molar-refractivity contribution is 5.01. The molecule has 0 spiro atoms. The first-order valence-corrected chi connectivity index (χ1v) is 8.72. The molecule has 1 saturated heterocycles. The molecule has 0 amide bonds. The SMILES string of the molecule is CCC(C)N1CCN(C2(CN)CC(C)CCC2C)CC1. The topological polar surface area (TPSA) is 32.5 Å². The van der Waals surface area contributed by atoms with Crippen LogP contribution in [0.3, 0.4) is 0 Å². The summed E-state index contributed by atoms with van der Waals surface area (Å²) in [6.45, 7) is 15.2. The molecule has 118 valence electrons. The minimum atomic E-state index is 0.277. The van der Waals surface area contributed by atoms with Crippen molar-refractivity contribution in [3.05, 3.63) is 0 Å². The van der Waals surface area contributed by atoms with Crippen LogP contribution in [-0.2, 0) is 0 Å². The summed E-state index contributed by atoms with van der Waals surface area (Å²) >= 11 is 0. The monoisotopic (exact) mass is 281 g/mol. The molecule has 2 N–H and O–H groups in total. The first-order valence-electron chi connectivity index (χ1n) is 8.72. The average molecular weight is 281 g/mol. The molecule has 4 unspecified atom stereocenters. The van der Waals surface area contributed by atoms with Gasteiger partial charge in [0, 0.05) is 44.3 Å². The fourth-order valence-electron chi connectivity index (χ4n) is 4.43. The maximum atomic E-state index is 6.29. The Hall–Kier alpha value is -0.120. The van der Waals surface area contributed by atoms with Gasteiger partial charge in [0.15, 0.2) is 0 Å². The average Bonchev–Trinajstić information content (AvgIpc) is 2.49. The molecule has 4 atom stereocenters. The molecular weight excluding hydrogens is 246 g/mol. The van der Waals surface area contributed by atoms with Gasteiger partial charge in [-0.15, -0.1) is 0 Å². The quantitative estimate of drug-likeness (QED) is 0.859. The predicted octanol–water partition coefficient (Wildman–Crippen LogP) is 2.56. The van der Waals surface area contributed by atoms with Gasteiger partial charge >= 0.3 is 0 Å². The van der Waals surface area contributed by atoms with E-state index in [1.807, 2.05) is 0 Å². The number of piperazine rings is 1. The predicted molar refractivity (Wildman–Crippen MR) is 86.9 cm³/mol. The van der Waals surface area contributed by atoms with Gasteiger partial charge < -0.3 is 5.73 Å². The molecule has 1 aliphatic heterocycles. The van der Waals surface area contributed by atoms with Crippen molar-refractivity contribution in [1.29, 1.82) is 0 Å². The number of rotatable bonds is 4. The van der Waals surface area contributed by atoms with Crippen LogP contribution in [0.25, 0.3) is 0 Å². The molecule has 20 heavy (non-hydrogen) atoms. The molecule has 1 heterocycles. The summed E-state index contributed by atoms with van der Waals surface area (Å²) in [6.07, 6.45) is 5.29. The standard InChI is InChI=1S/C17H35N3/c1-5-16(4)19-8-10-20(11-9-19)17(13-18)12-14(2)6-7-15(17)3/h14-16H,5-13,18H2,1-4H3. The number of nitrogens with zero attached hydrogens (tertiary/aromatic N) is 2. The van der Waals surface area contributed by atoms with Gasteiger partial charge in [-0.2, -0.15) is 0 Å². The highest BCUT2D eigenvalue weighted by Gasteiger charge is 2.44. The van der Waals surface area contributed by atoms with E-state index in [1.165, 1.54) is 51.9 Å². The first kappa shape index (κ1) is 16.3. The lowest BCUT2D eigenvalue weighted by atomic mass is 9.68. The Kier molecular flexibility index (Phi) is 5.49. The fraction of sp³-hybridized carbons (Fsp3) is 1.00. The molecule has 0 bridgehead atoms. The molecule has 2 aliphatic rings. The molecule has 3 nitrogen and oxygen atoms in total. The van der Waals surface area contributed by atoms with Crippen LogP contribution in [0.5, 0.6) is 0 Å². The van der Waals surface area contributed by atoms with Crippen LogP contribution in [0.2, 0.25) is 0 Å². The number of nitrogens with two attached hydrogens (primary N) is 1. The van der Waals surface area contributed by atoms with Crippen molar-refractivity contribution < 1.29 is 0 Å². The maximum Gasteiger partial charge on any atom is 0.0360 e. The Morgan fingerprint density at radius 2 is 1.80 bits per heavy atom. The van der Waals surface area contributed by atoms with Gasteiger partial charge in [0.05, 0.1) is 0 Å². The summed E-state index contributed by atoms with van der Waals surface area (Å²) in [7, 11) is 0. The van der Waals surface area contributed by atoms with E-state index >= 15 is 0 Å². The molecule has 0 aromatic heterocycles. The van der Waals surface area contributed by atoms with Crippen LogP contribution in [0.15, 0.2) is 0 Å². The van der Waals surface area contributed by atoms with Gasteiger partial charge in [0.25, 0.3) is 0 Å². The van der Waals surface area contributed by atoms with E-state index in [2.05, 4.69) is 37.5 Å². The highest BCUT2D eigenvalue weighted by Crippen LogP contribution is 2.41. The third kappa shape index (κ3) is 3.05. The van der Waals surface area contributed by atoms with Crippen molar-refractivity contribution in [3.8, 4) is 0 Å². The van der Waals surface area contributed by atoms with E-state index in [0.717, 1.165) is 24.4 Å². The lowest BCUT2D eigenvalue weighted by Crippen LogP contribution is -2.65. The van der Waals surface area contributed by atoms with Crippen LogP contribution < -0.4 is 5.73 Å². The Labute approximate surface area is 125 Å². The van der Waals surface area contributed by atoms with Gasteiger partial charge in [-0.05, 0) is 38.0 Å². The largest absolute Gasteiger partial charge is 0.329 e. The van der Waals surface area contributed by atoms with Gasteiger partial charge in [-0.1, -0.05) is 27.2 Å². The van der Waals surface area contributed by atoms with Crippen LogP contribution in [0.4, 0.5) is 0 Å². The third-order valence-corrected chi connectivity index (χ3v) is 6.22. The lowest BCUT2D eigenvalue weighted by molar-refractivity contribution is -0.0377. The Morgan fingerprint density at radius 1 is 1.15 bits per heavy atom. The molecule has 0 radical (unpaired) electrons. The molecule has 2 rings (SSSR count). The van der Waals surface area contributed by atoms with Crippen molar-refractivity contribution in [2.75, 3.05) is 32.7 Å². The Bertz CT molecular complexity index is 299. The fourth-order valence-corrected chi connectivity index (χ4v) is 4.43. The summed E-state index contributed by atoms with van der Waals surface area (Å²) in [5, 5.41) is 0. The summed E-state index contributed by atoms with van der Waals surface area (Å²) in [5.41, 5.74) is 6.56. The van der Waals surface area contributed by atoms with Gasteiger partial charge in [0.1, 0.15) is 0 Å². The van der Waals surface area contributed by atoms with Crippen molar-refractivity contribution in [3.63, 3.8) is 0 Å². The summed E-state index contributed by atoms with van der Waals surface area (Å²) < 4.78 is 0. The Balaban J connectivity index is 2.02. The van der Waals surface area contributed by atoms with Gasteiger partial charge in [0.2, 0.25) is 0 Å². The second-order valence-corrected chi connectivity index (χ2v) is 7.38. The summed E-state index contributed by atoms with van der Waals surface area (Å²) in [6, 6.07) is 0.730. The first-order chi connectivity index (χ1) is 9.53. The van der Waals surface area contributed by atoms with E-state index in [1.54, 1.807) is 0 Å². The van der Waals surface area contributed by atoms with E-state index < -0.39 is 0 Å². The zero-order chi connectivity index (χ0) is 14.8. The normalized spacial score (nSPS) is 38.9. The second kappa shape index (κ2) is 6.76. The third-order valence-electron chi connectivity index (χ3n) is 6.22. The van der Waals surface area contributed by atoms with Crippen LogP contribution in [-0.4, -0.2) is 54.1 Å².